The molecule has 2 aromatic rings. The molecule has 3 rings (SSSR count). The van der Waals surface area contributed by atoms with Crippen LogP contribution in [-0.4, -0.2) is 30.6 Å². The van der Waals surface area contributed by atoms with Crippen LogP contribution in [0.1, 0.15) is 63.7 Å². The first-order chi connectivity index (χ1) is 13.9. The van der Waals surface area contributed by atoms with Gasteiger partial charge in [-0.3, -0.25) is 4.99 Å². The molecule has 6 nitrogen and oxygen atoms in total. The number of nitrogens with zero attached hydrogens (tertiary/aromatic N) is 2. The second-order valence-corrected chi connectivity index (χ2v) is 8.64. The van der Waals surface area contributed by atoms with Crippen molar-refractivity contribution in [1.29, 1.82) is 0 Å². The van der Waals surface area contributed by atoms with Crippen molar-refractivity contribution in [2.24, 2.45) is 4.99 Å². The highest BCUT2D eigenvalue weighted by Crippen LogP contribution is 2.24. The van der Waals surface area contributed by atoms with E-state index in [4.69, 9.17) is 9.15 Å². The summed E-state index contributed by atoms with van der Waals surface area (Å²) in [5.41, 5.74) is 1.23. The van der Waals surface area contributed by atoms with Crippen LogP contribution >= 0.6 is 24.0 Å². The van der Waals surface area contributed by atoms with Crippen molar-refractivity contribution in [2.75, 3.05) is 13.6 Å². The van der Waals surface area contributed by atoms with Crippen molar-refractivity contribution in [3.63, 3.8) is 0 Å². The Balaban J connectivity index is 0.00000320. The van der Waals surface area contributed by atoms with Crippen LogP contribution in [0.2, 0.25) is 0 Å². The largest absolute Gasteiger partial charge is 0.490 e. The third-order valence-corrected chi connectivity index (χ3v) is 5.16. The van der Waals surface area contributed by atoms with Gasteiger partial charge in [-0.15, -0.1) is 24.0 Å². The molecule has 0 amide bonds. The minimum absolute atomic E-state index is 0. The van der Waals surface area contributed by atoms with Crippen LogP contribution in [0.3, 0.4) is 0 Å². The van der Waals surface area contributed by atoms with E-state index in [0.717, 1.165) is 30.4 Å². The van der Waals surface area contributed by atoms with Crippen molar-refractivity contribution >= 4 is 29.9 Å². The lowest BCUT2D eigenvalue weighted by molar-refractivity contribution is 0.210. The van der Waals surface area contributed by atoms with E-state index in [1.165, 1.54) is 31.2 Å². The van der Waals surface area contributed by atoms with Gasteiger partial charge in [0.15, 0.2) is 5.96 Å². The maximum atomic E-state index is 6.03. The second-order valence-electron chi connectivity index (χ2n) is 8.64. The topological polar surface area (TPSA) is 71.7 Å². The Labute approximate surface area is 197 Å². The zero-order valence-corrected chi connectivity index (χ0v) is 20.9. The number of aliphatic imine (C=N–C) groups is 1. The van der Waals surface area contributed by atoms with Gasteiger partial charge in [0, 0.05) is 19.0 Å². The van der Waals surface area contributed by atoms with Gasteiger partial charge in [0.05, 0.1) is 18.8 Å². The summed E-state index contributed by atoms with van der Waals surface area (Å²) >= 11 is 0. The lowest BCUT2D eigenvalue weighted by Crippen LogP contribution is -2.37. The summed E-state index contributed by atoms with van der Waals surface area (Å²) in [5.74, 6) is 3.27. The summed E-state index contributed by atoms with van der Waals surface area (Å²) in [6, 6.07) is 8.44. The summed E-state index contributed by atoms with van der Waals surface area (Å²) in [6.07, 6.45) is 8.06. The average molecular weight is 526 g/mol. The predicted molar refractivity (Wildman–Crippen MR) is 132 cm³/mol. The molecule has 0 spiro atoms. The van der Waals surface area contributed by atoms with E-state index in [0.29, 0.717) is 18.5 Å². The number of guanidine groups is 1. The van der Waals surface area contributed by atoms with Crippen molar-refractivity contribution < 1.29 is 9.15 Å². The van der Waals surface area contributed by atoms with Gasteiger partial charge in [0.25, 0.3) is 0 Å². The van der Waals surface area contributed by atoms with Crippen LogP contribution in [0.15, 0.2) is 39.9 Å². The maximum absolute atomic E-state index is 6.03. The van der Waals surface area contributed by atoms with Crippen molar-refractivity contribution in [2.45, 2.75) is 70.9 Å². The van der Waals surface area contributed by atoms with E-state index in [1.54, 1.807) is 13.2 Å². The average Bonchev–Trinajstić information content (AvgIpc) is 3.37. The molecule has 1 aromatic heterocycles. The fraction of sp³-hybridized carbons (Fsp3) is 0.565. The van der Waals surface area contributed by atoms with Gasteiger partial charge in [-0.1, -0.05) is 32.9 Å². The number of rotatable bonds is 7. The number of hydrogen-bond acceptors (Lipinski definition) is 4. The van der Waals surface area contributed by atoms with Crippen LogP contribution in [0.25, 0.3) is 0 Å². The predicted octanol–water partition coefficient (Wildman–Crippen LogP) is 4.82. The maximum Gasteiger partial charge on any atom is 0.213 e. The van der Waals surface area contributed by atoms with Crippen molar-refractivity contribution in [3.8, 4) is 5.75 Å². The number of hydrogen-bond donors (Lipinski definition) is 2. The normalized spacial score (nSPS) is 15.0. The molecule has 0 saturated heterocycles. The minimum atomic E-state index is -0.0388. The van der Waals surface area contributed by atoms with E-state index in [-0.39, 0.29) is 29.4 Å². The summed E-state index contributed by atoms with van der Waals surface area (Å²) in [6.45, 7) is 7.63. The Hall–Kier alpha value is -1.77. The number of ether oxygens (including phenoxy) is 1. The van der Waals surface area contributed by atoms with E-state index >= 15 is 0 Å². The Bertz CT molecular complexity index is 790. The molecular formula is C23H35IN4O2. The summed E-state index contributed by atoms with van der Waals surface area (Å²) in [4.78, 5) is 8.60. The molecule has 0 unspecified atom stereocenters. The molecule has 0 bridgehead atoms. The smallest absolute Gasteiger partial charge is 0.213 e. The molecule has 1 fully saturated rings. The van der Waals surface area contributed by atoms with Crippen molar-refractivity contribution in [3.05, 3.63) is 47.7 Å². The fourth-order valence-electron chi connectivity index (χ4n) is 3.38. The third kappa shape index (κ3) is 7.49. The Morgan fingerprint density at radius 3 is 2.47 bits per heavy atom. The van der Waals surface area contributed by atoms with E-state index < -0.39 is 0 Å². The molecule has 2 N–H and O–H groups in total. The first-order valence-electron chi connectivity index (χ1n) is 10.6. The summed E-state index contributed by atoms with van der Waals surface area (Å²) in [7, 11) is 1.76. The molecule has 0 radical (unpaired) electrons. The highest BCUT2D eigenvalue weighted by atomic mass is 127. The number of benzene rings is 1. The van der Waals surface area contributed by atoms with Gasteiger partial charge in [-0.2, -0.15) is 0 Å². The Morgan fingerprint density at radius 1 is 1.17 bits per heavy atom. The number of halogens is 1. The molecular weight excluding hydrogens is 491 g/mol. The Kier molecular flexibility index (Phi) is 9.45. The summed E-state index contributed by atoms with van der Waals surface area (Å²) in [5, 5.41) is 6.59. The van der Waals surface area contributed by atoms with E-state index in [9.17, 15) is 0 Å². The monoisotopic (exact) mass is 526 g/mol. The van der Waals surface area contributed by atoms with Crippen LogP contribution in [0.5, 0.6) is 5.75 Å². The molecule has 1 heterocycles. The molecule has 1 saturated carbocycles. The Morgan fingerprint density at radius 2 is 1.87 bits per heavy atom. The zero-order chi connectivity index (χ0) is 20.7. The van der Waals surface area contributed by atoms with Gasteiger partial charge in [-0.05, 0) is 49.8 Å². The molecule has 1 aliphatic rings. The van der Waals surface area contributed by atoms with E-state index in [2.05, 4.69) is 65.6 Å². The van der Waals surface area contributed by atoms with Gasteiger partial charge in [-0.25, -0.2) is 4.98 Å². The first-order valence-corrected chi connectivity index (χ1v) is 10.6. The van der Waals surface area contributed by atoms with Gasteiger partial charge in [0.1, 0.15) is 11.5 Å². The zero-order valence-electron chi connectivity index (χ0n) is 18.5. The van der Waals surface area contributed by atoms with Crippen LogP contribution in [0, 0.1) is 0 Å². The first kappa shape index (κ1) is 24.5. The van der Waals surface area contributed by atoms with Crippen molar-refractivity contribution in [1.82, 2.24) is 15.6 Å². The van der Waals surface area contributed by atoms with Gasteiger partial charge >= 0.3 is 0 Å². The van der Waals surface area contributed by atoms with Crippen LogP contribution < -0.4 is 15.4 Å². The standard InChI is InChI=1S/C23H34N4O2.HI/c1-23(2,3)20-15-26-21(29-20)16-27-22(24-4)25-14-13-17-9-11-19(12-10-17)28-18-7-5-6-8-18;/h9-12,15,18H,5-8,13-14,16H2,1-4H3,(H2,24,25,27);1H. The van der Waals surface area contributed by atoms with Crippen LogP contribution in [0.4, 0.5) is 0 Å². The minimum Gasteiger partial charge on any atom is -0.490 e. The molecule has 30 heavy (non-hydrogen) atoms. The molecule has 1 aromatic carbocycles. The van der Waals surface area contributed by atoms with E-state index in [1.807, 2.05) is 0 Å². The number of nitrogens with one attached hydrogen (secondary N) is 2. The second kappa shape index (κ2) is 11.6. The molecule has 0 atom stereocenters. The fourth-order valence-corrected chi connectivity index (χ4v) is 3.38. The number of oxazole rings is 1. The third-order valence-electron chi connectivity index (χ3n) is 5.16. The highest BCUT2D eigenvalue weighted by molar-refractivity contribution is 14.0. The number of aromatic nitrogens is 1. The van der Waals surface area contributed by atoms with Gasteiger partial charge in [0.2, 0.25) is 5.89 Å². The highest BCUT2D eigenvalue weighted by Gasteiger charge is 2.19. The quantitative estimate of drug-likeness (QED) is 0.308. The molecule has 7 heteroatoms. The molecule has 166 valence electrons. The van der Waals surface area contributed by atoms with Gasteiger partial charge < -0.3 is 19.8 Å². The van der Waals surface area contributed by atoms with Crippen LogP contribution in [-0.2, 0) is 18.4 Å². The lowest BCUT2D eigenvalue weighted by atomic mass is 9.94. The molecule has 1 aliphatic carbocycles. The molecule has 0 aliphatic heterocycles. The SMILES string of the molecule is CN=C(NCCc1ccc(OC2CCCC2)cc1)NCc1ncc(C(C)(C)C)o1.I. The lowest BCUT2D eigenvalue weighted by Gasteiger charge is -2.14. The summed E-state index contributed by atoms with van der Waals surface area (Å²) < 4.78 is 11.8.